The fourth-order valence-electron chi connectivity index (χ4n) is 4.39. The normalized spacial score (nSPS) is 21.8. The number of hydrogen-bond acceptors (Lipinski definition) is 6. The van der Waals surface area contributed by atoms with E-state index in [-0.39, 0.29) is 29.3 Å². The zero-order chi connectivity index (χ0) is 28.5. The second-order valence-corrected chi connectivity index (χ2v) is 10.0. The number of nitrogens with one attached hydrogen (secondary N) is 3. The van der Waals surface area contributed by atoms with Gasteiger partial charge in [-0.1, -0.05) is 17.7 Å². The molecule has 0 bridgehead atoms. The average molecular weight is 584 g/mol. The largest absolute Gasteiger partial charge is 0.465 e. The van der Waals surface area contributed by atoms with Crippen LogP contribution < -0.4 is 16.2 Å². The summed E-state index contributed by atoms with van der Waals surface area (Å²) < 4.78 is 85.0. The number of ether oxygens (including phenoxy) is 1. The van der Waals surface area contributed by atoms with Crippen molar-refractivity contribution in [2.24, 2.45) is 5.41 Å². The van der Waals surface area contributed by atoms with Crippen molar-refractivity contribution in [2.75, 3.05) is 24.7 Å². The predicted octanol–water partition coefficient (Wildman–Crippen LogP) is 6.00. The predicted molar refractivity (Wildman–Crippen MR) is 130 cm³/mol. The van der Waals surface area contributed by atoms with Crippen LogP contribution in [0, 0.1) is 5.41 Å². The average Bonchev–Trinajstić information content (AvgIpc) is 3.15. The molecule has 3 rings (SSSR count). The van der Waals surface area contributed by atoms with E-state index in [1.54, 1.807) is 6.92 Å². The Morgan fingerprint density at radius 3 is 2.26 bits per heavy atom. The van der Waals surface area contributed by atoms with Gasteiger partial charge in [-0.25, -0.2) is 5.43 Å². The Labute approximate surface area is 223 Å². The van der Waals surface area contributed by atoms with Gasteiger partial charge in [-0.3, -0.25) is 15.0 Å². The molecule has 1 heterocycles. The lowest BCUT2D eigenvalue weighted by molar-refractivity contribution is -0.158. The Morgan fingerprint density at radius 2 is 1.71 bits per heavy atom. The zero-order valence-electron chi connectivity index (χ0n) is 20.4. The van der Waals surface area contributed by atoms with Gasteiger partial charge in [0.1, 0.15) is 5.41 Å². The number of carbonyl (C=O) groups excluding carboxylic acids is 2. The molecule has 38 heavy (non-hydrogen) atoms. The lowest BCUT2D eigenvalue weighted by Crippen LogP contribution is -2.55. The zero-order valence-corrected chi connectivity index (χ0v) is 21.9. The minimum absolute atomic E-state index is 0.00742. The van der Waals surface area contributed by atoms with Crippen molar-refractivity contribution in [1.29, 1.82) is 0 Å². The van der Waals surface area contributed by atoms with Gasteiger partial charge in [-0.2, -0.15) is 26.3 Å². The van der Waals surface area contributed by atoms with Crippen LogP contribution in [0.15, 0.2) is 41.3 Å². The van der Waals surface area contributed by atoms with E-state index >= 15 is 0 Å². The summed E-state index contributed by atoms with van der Waals surface area (Å²) in [6.45, 7) is 3.03. The molecule has 1 aliphatic rings. The third-order valence-electron chi connectivity index (χ3n) is 6.40. The number of esters is 1. The number of alkyl halides is 6. The fourth-order valence-corrected chi connectivity index (χ4v) is 5.33. The molecule has 1 aliphatic heterocycles. The van der Waals surface area contributed by atoms with E-state index in [1.165, 1.54) is 13.2 Å². The van der Waals surface area contributed by atoms with E-state index < -0.39 is 57.8 Å². The lowest BCUT2D eigenvalue weighted by Gasteiger charge is -2.41. The number of anilines is 1. The molecule has 6 nitrogen and oxygen atoms in total. The van der Waals surface area contributed by atoms with E-state index in [9.17, 15) is 35.9 Å². The highest BCUT2D eigenvalue weighted by molar-refractivity contribution is 7.98. The number of hydrogen-bond donors (Lipinski definition) is 3. The topological polar surface area (TPSA) is 79.5 Å². The molecule has 2 aromatic carbocycles. The molecule has 0 saturated carbocycles. The second kappa shape index (κ2) is 10.9. The van der Waals surface area contributed by atoms with Crippen LogP contribution in [0.4, 0.5) is 32.0 Å². The van der Waals surface area contributed by atoms with Gasteiger partial charge >= 0.3 is 18.3 Å². The number of hydrazine groups is 1. The van der Waals surface area contributed by atoms with E-state index in [4.69, 9.17) is 16.3 Å². The number of benzene rings is 2. The first-order valence-corrected chi connectivity index (χ1v) is 12.8. The van der Waals surface area contributed by atoms with Crippen LogP contribution in [-0.4, -0.2) is 31.3 Å². The highest BCUT2D eigenvalue weighted by Gasteiger charge is 2.60. The molecule has 208 valence electrons. The van der Waals surface area contributed by atoms with Crippen LogP contribution in [-0.2, 0) is 32.2 Å². The van der Waals surface area contributed by atoms with Crippen LogP contribution in [0.2, 0.25) is 5.02 Å². The van der Waals surface area contributed by atoms with Crippen LogP contribution in [0.5, 0.6) is 0 Å². The van der Waals surface area contributed by atoms with Gasteiger partial charge < -0.3 is 10.1 Å². The van der Waals surface area contributed by atoms with E-state index in [0.29, 0.717) is 0 Å². The molecule has 0 spiro atoms. The first-order valence-electron chi connectivity index (χ1n) is 11.2. The van der Waals surface area contributed by atoms with Crippen molar-refractivity contribution in [3.8, 4) is 0 Å². The van der Waals surface area contributed by atoms with Gasteiger partial charge in [-0.05, 0) is 56.0 Å². The van der Waals surface area contributed by atoms with Crippen molar-refractivity contribution in [2.45, 2.75) is 43.1 Å². The van der Waals surface area contributed by atoms with E-state index in [0.717, 1.165) is 48.2 Å². The van der Waals surface area contributed by atoms with Crippen LogP contribution >= 0.6 is 23.4 Å². The lowest BCUT2D eigenvalue weighted by atomic mass is 9.66. The molecule has 1 fully saturated rings. The summed E-state index contributed by atoms with van der Waals surface area (Å²) in [6, 6.07) is 5.99. The molecule has 0 aromatic heterocycles. The van der Waals surface area contributed by atoms with Crippen molar-refractivity contribution < 1.29 is 40.7 Å². The Bertz CT molecular complexity index is 1230. The Morgan fingerprint density at radius 1 is 1.08 bits per heavy atom. The maximum absolute atomic E-state index is 13.3. The van der Waals surface area contributed by atoms with Gasteiger partial charge in [0.2, 0.25) is 5.91 Å². The summed E-state index contributed by atoms with van der Waals surface area (Å²) in [7, 11) is 0. The standard InChI is InChI=1S/C24H24ClF6N3O3S/c1-4-37-20(36)21(2)12-32-34-22(21,13-5-7-15(17(25)9-13)23(26,27)28)11-19(35)33-14-6-8-16(24(29,30)31)18(10-14)38-3/h5-10,32,34H,4,11-12H2,1-3H3,(H,33,35). The first-order chi connectivity index (χ1) is 17.6. The molecule has 14 heteroatoms. The smallest absolute Gasteiger partial charge is 0.417 e. The Hall–Kier alpha value is -2.48. The van der Waals surface area contributed by atoms with E-state index in [2.05, 4.69) is 16.2 Å². The highest BCUT2D eigenvalue weighted by atomic mass is 35.5. The third-order valence-corrected chi connectivity index (χ3v) is 7.49. The van der Waals surface area contributed by atoms with Gasteiger partial charge in [0.05, 0.1) is 34.7 Å². The molecule has 3 N–H and O–H groups in total. The number of thioether (sulfide) groups is 1. The van der Waals surface area contributed by atoms with Gasteiger partial charge in [0.15, 0.2) is 0 Å². The third kappa shape index (κ3) is 5.75. The highest BCUT2D eigenvalue weighted by Crippen LogP contribution is 2.48. The summed E-state index contributed by atoms with van der Waals surface area (Å²) in [5.41, 5.74) is 0.738. The molecule has 0 aliphatic carbocycles. The van der Waals surface area contributed by atoms with Crippen molar-refractivity contribution in [3.63, 3.8) is 0 Å². The van der Waals surface area contributed by atoms with Crippen LogP contribution in [0.1, 0.15) is 37.0 Å². The van der Waals surface area contributed by atoms with Gasteiger partial charge in [0.25, 0.3) is 0 Å². The molecule has 2 unspecified atom stereocenters. The summed E-state index contributed by atoms with van der Waals surface area (Å²) >= 11 is 6.81. The number of carbonyl (C=O) groups is 2. The molecular weight excluding hydrogens is 560 g/mol. The van der Waals surface area contributed by atoms with Crippen molar-refractivity contribution in [1.82, 2.24) is 10.9 Å². The number of halogens is 7. The molecular formula is C24H24ClF6N3O3S. The maximum atomic E-state index is 13.3. The minimum atomic E-state index is -4.73. The molecule has 1 saturated heterocycles. The van der Waals surface area contributed by atoms with E-state index in [1.807, 2.05) is 0 Å². The molecule has 0 radical (unpaired) electrons. The van der Waals surface area contributed by atoms with Crippen molar-refractivity contribution in [3.05, 3.63) is 58.1 Å². The minimum Gasteiger partial charge on any atom is -0.465 e. The Balaban J connectivity index is 2.04. The van der Waals surface area contributed by atoms with Crippen LogP contribution in [0.25, 0.3) is 0 Å². The quantitative estimate of drug-likeness (QED) is 0.211. The number of amides is 1. The maximum Gasteiger partial charge on any atom is 0.417 e. The SMILES string of the molecule is CCOC(=O)C1(C)CNNC1(CC(=O)Nc1ccc(C(F)(F)F)c(SC)c1)c1ccc(C(F)(F)F)c(Cl)c1. The summed E-state index contributed by atoms with van der Waals surface area (Å²) in [6.07, 6.45) is -8.37. The van der Waals surface area contributed by atoms with Gasteiger partial charge in [0, 0.05) is 17.1 Å². The Kier molecular flexibility index (Phi) is 8.66. The summed E-state index contributed by atoms with van der Waals surface area (Å²) in [4.78, 5) is 26.2. The second-order valence-electron chi connectivity index (χ2n) is 8.77. The van der Waals surface area contributed by atoms with Gasteiger partial charge in [-0.15, -0.1) is 11.8 Å². The monoisotopic (exact) mass is 583 g/mol. The summed E-state index contributed by atoms with van der Waals surface area (Å²) in [5.74, 6) is -1.44. The molecule has 2 aromatic rings. The summed E-state index contributed by atoms with van der Waals surface area (Å²) in [5, 5.41) is 1.89. The van der Waals surface area contributed by atoms with Crippen molar-refractivity contribution >= 4 is 40.9 Å². The first kappa shape index (κ1) is 30.1. The molecule has 1 amide bonds. The van der Waals surface area contributed by atoms with Crippen LogP contribution in [0.3, 0.4) is 0 Å². The fraction of sp³-hybridized carbons (Fsp3) is 0.417. The number of rotatable bonds is 7. The molecule has 2 atom stereocenters.